The summed E-state index contributed by atoms with van der Waals surface area (Å²) >= 11 is 0. The molecule has 1 aliphatic carbocycles. The maximum absolute atomic E-state index is 12.9. The summed E-state index contributed by atoms with van der Waals surface area (Å²) in [5.41, 5.74) is -5.28. The van der Waals surface area contributed by atoms with E-state index >= 15 is 0 Å². The first kappa shape index (κ1) is 31.0. The predicted octanol–water partition coefficient (Wildman–Crippen LogP) is 4.88. The van der Waals surface area contributed by atoms with E-state index in [4.69, 9.17) is 5.11 Å². The van der Waals surface area contributed by atoms with Crippen LogP contribution in [0, 0.1) is 5.82 Å². The summed E-state index contributed by atoms with van der Waals surface area (Å²) in [5.74, 6) is -0.617. The Hall–Kier alpha value is -3.52. The quantitative estimate of drug-likeness (QED) is 0.314. The van der Waals surface area contributed by atoms with Gasteiger partial charge in [0, 0.05) is 24.0 Å². The van der Waals surface area contributed by atoms with Gasteiger partial charge in [-0.25, -0.2) is 12.8 Å². The van der Waals surface area contributed by atoms with E-state index in [1.807, 2.05) is 6.07 Å². The van der Waals surface area contributed by atoms with Crippen LogP contribution >= 0.6 is 0 Å². The van der Waals surface area contributed by atoms with Crippen LogP contribution in [-0.4, -0.2) is 48.1 Å². The molecule has 1 aliphatic rings. The van der Waals surface area contributed by atoms with Crippen LogP contribution in [0.25, 0.3) is 0 Å². The van der Waals surface area contributed by atoms with Crippen molar-refractivity contribution in [3.8, 4) is 0 Å². The average molecular weight is 593 g/mol. The molecule has 0 aliphatic heterocycles. The van der Waals surface area contributed by atoms with Gasteiger partial charge in [0.05, 0.1) is 16.6 Å². The Morgan fingerprint density at radius 1 is 0.900 bits per heavy atom. The number of pyridine rings is 1. The standard InChI is InChI=1S/C17H17FN2O3S.C9H6F6O/c18-13-3-5-15(6-4-13)24(22,23)16-9-14(10-16)20-17(21)8-12-2-1-7-19-11-12;10-8(11,12)7(16,9(13,14)15)6-4-2-1-3-5-6/h1-7,11,14,16H,8-10H2,(H,20,21);1-5,16H. The third-order valence-electron chi connectivity index (χ3n) is 6.14. The second kappa shape index (κ2) is 11.9. The molecule has 0 spiro atoms. The van der Waals surface area contributed by atoms with E-state index in [2.05, 4.69) is 10.3 Å². The molecule has 40 heavy (non-hydrogen) atoms. The predicted molar refractivity (Wildman–Crippen MR) is 129 cm³/mol. The minimum atomic E-state index is -5.83. The lowest BCUT2D eigenvalue weighted by Crippen LogP contribution is -2.53. The number of amides is 1. The Morgan fingerprint density at radius 2 is 1.48 bits per heavy atom. The number of benzene rings is 2. The van der Waals surface area contributed by atoms with Crippen LogP contribution in [-0.2, 0) is 26.7 Å². The number of carbonyl (C=O) groups excluding carboxylic acids is 1. The topological polar surface area (TPSA) is 96.4 Å². The van der Waals surface area contributed by atoms with Gasteiger partial charge < -0.3 is 10.4 Å². The highest BCUT2D eigenvalue weighted by Gasteiger charge is 2.71. The third kappa shape index (κ3) is 6.97. The Labute approximate surface area is 224 Å². The first-order valence-electron chi connectivity index (χ1n) is 11.6. The van der Waals surface area contributed by atoms with Crippen molar-refractivity contribution in [2.24, 2.45) is 0 Å². The number of aliphatic hydroxyl groups is 1. The van der Waals surface area contributed by atoms with Crippen LogP contribution in [0.3, 0.4) is 0 Å². The smallest absolute Gasteiger partial charge is 0.369 e. The van der Waals surface area contributed by atoms with Crippen molar-refractivity contribution in [2.45, 2.75) is 53.4 Å². The highest BCUT2D eigenvalue weighted by Crippen LogP contribution is 2.49. The average Bonchev–Trinajstić information content (AvgIpc) is 2.86. The number of hydrogen-bond acceptors (Lipinski definition) is 5. The second-order valence-electron chi connectivity index (χ2n) is 8.97. The van der Waals surface area contributed by atoms with Crippen molar-refractivity contribution in [3.63, 3.8) is 0 Å². The fourth-order valence-electron chi connectivity index (χ4n) is 3.89. The van der Waals surface area contributed by atoms with Gasteiger partial charge in [-0.3, -0.25) is 9.78 Å². The van der Waals surface area contributed by atoms with Crippen LogP contribution in [0.5, 0.6) is 0 Å². The van der Waals surface area contributed by atoms with Gasteiger partial charge in [-0.05, 0) is 48.7 Å². The lowest BCUT2D eigenvalue weighted by Gasteiger charge is -2.35. The van der Waals surface area contributed by atoms with Crippen molar-refractivity contribution in [1.82, 2.24) is 10.3 Å². The van der Waals surface area contributed by atoms with E-state index < -0.39 is 44.4 Å². The summed E-state index contributed by atoms with van der Waals surface area (Å²) in [5, 5.41) is 11.2. The van der Waals surface area contributed by atoms with Gasteiger partial charge in [0.15, 0.2) is 9.84 Å². The molecule has 1 aromatic heterocycles. The summed E-state index contributed by atoms with van der Waals surface area (Å²) in [6.07, 6.45) is -7.42. The molecule has 2 aromatic carbocycles. The minimum absolute atomic E-state index is 0.119. The molecular formula is C26H23F7N2O4S. The normalized spacial score (nSPS) is 17.7. The molecule has 4 rings (SSSR count). The number of aromatic nitrogens is 1. The lowest BCUT2D eigenvalue weighted by molar-refractivity contribution is -0.376. The van der Waals surface area contributed by atoms with Crippen LogP contribution in [0.1, 0.15) is 24.0 Å². The van der Waals surface area contributed by atoms with E-state index in [9.17, 15) is 43.9 Å². The summed E-state index contributed by atoms with van der Waals surface area (Å²) < 4.78 is 112. The van der Waals surface area contributed by atoms with Crippen LogP contribution in [0.15, 0.2) is 84.0 Å². The maximum Gasteiger partial charge on any atom is 0.430 e. The number of alkyl halides is 6. The molecule has 0 radical (unpaired) electrons. The lowest BCUT2D eigenvalue weighted by atomic mass is 9.92. The van der Waals surface area contributed by atoms with Gasteiger partial charge >= 0.3 is 12.4 Å². The Morgan fingerprint density at radius 3 is 1.98 bits per heavy atom. The van der Waals surface area contributed by atoms with Crippen molar-refractivity contribution in [2.75, 3.05) is 0 Å². The van der Waals surface area contributed by atoms with Crippen molar-refractivity contribution >= 4 is 15.7 Å². The van der Waals surface area contributed by atoms with Gasteiger partial charge in [0.1, 0.15) is 5.82 Å². The SMILES string of the molecule is O=C(Cc1cccnc1)NC1CC(S(=O)(=O)c2ccc(F)cc2)C1.OC(c1ccccc1)(C(F)(F)F)C(F)(F)F. The molecule has 1 amide bonds. The molecule has 14 heteroatoms. The van der Waals surface area contributed by atoms with Crippen molar-refractivity contribution < 1.29 is 49.1 Å². The summed E-state index contributed by atoms with van der Waals surface area (Å²) in [4.78, 5) is 16.0. The van der Waals surface area contributed by atoms with Crippen LogP contribution < -0.4 is 5.32 Å². The van der Waals surface area contributed by atoms with Crippen molar-refractivity contribution in [3.05, 3.63) is 96.1 Å². The van der Waals surface area contributed by atoms with E-state index in [0.29, 0.717) is 25.0 Å². The molecule has 1 fully saturated rings. The first-order chi connectivity index (χ1) is 18.6. The number of halogens is 7. The molecule has 3 aromatic rings. The summed E-state index contributed by atoms with van der Waals surface area (Å²) in [6, 6.07) is 12.6. The summed E-state index contributed by atoms with van der Waals surface area (Å²) in [6.45, 7) is 0. The molecule has 0 saturated heterocycles. The molecule has 0 unspecified atom stereocenters. The zero-order valence-electron chi connectivity index (χ0n) is 20.5. The molecule has 6 nitrogen and oxygen atoms in total. The van der Waals surface area contributed by atoms with Crippen LogP contribution in [0.2, 0.25) is 0 Å². The monoisotopic (exact) mass is 592 g/mol. The molecule has 2 N–H and O–H groups in total. The van der Waals surface area contributed by atoms with Gasteiger partial charge in [-0.2, -0.15) is 26.3 Å². The first-order valence-corrected chi connectivity index (χ1v) is 13.2. The summed E-state index contributed by atoms with van der Waals surface area (Å²) in [7, 11) is -3.47. The zero-order valence-corrected chi connectivity index (χ0v) is 21.3. The molecular weight excluding hydrogens is 569 g/mol. The fraction of sp³-hybridized carbons (Fsp3) is 0.308. The number of carbonyl (C=O) groups is 1. The molecule has 1 heterocycles. The highest BCUT2D eigenvalue weighted by molar-refractivity contribution is 7.92. The van der Waals surface area contributed by atoms with Crippen LogP contribution in [0.4, 0.5) is 30.7 Å². The van der Waals surface area contributed by atoms with Gasteiger partial charge in [0.2, 0.25) is 5.91 Å². The van der Waals surface area contributed by atoms with Crippen molar-refractivity contribution in [1.29, 1.82) is 0 Å². The van der Waals surface area contributed by atoms with Gasteiger partial charge in [-0.15, -0.1) is 0 Å². The number of nitrogens with zero attached hydrogens (tertiary/aromatic N) is 1. The molecule has 0 atom stereocenters. The zero-order chi connectivity index (χ0) is 29.8. The minimum Gasteiger partial charge on any atom is -0.369 e. The molecule has 1 saturated carbocycles. The van der Waals surface area contributed by atoms with E-state index in [1.165, 1.54) is 18.2 Å². The number of nitrogens with one attached hydrogen (secondary N) is 1. The molecule has 216 valence electrons. The van der Waals surface area contributed by atoms with Gasteiger partial charge in [-0.1, -0.05) is 36.4 Å². The third-order valence-corrected chi connectivity index (χ3v) is 8.33. The van der Waals surface area contributed by atoms with E-state index in [-0.39, 0.29) is 23.3 Å². The highest BCUT2D eigenvalue weighted by atomic mass is 32.2. The second-order valence-corrected chi connectivity index (χ2v) is 11.2. The molecule has 0 bridgehead atoms. The fourth-order valence-corrected chi connectivity index (χ4v) is 5.76. The van der Waals surface area contributed by atoms with E-state index in [1.54, 1.807) is 18.5 Å². The number of sulfone groups is 1. The van der Waals surface area contributed by atoms with E-state index in [0.717, 1.165) is 29.8 Å². The Kier molecular flexibility index (Phi) is 9.24. The number of rotatable bonds is 6. The maximum atomic E-state index is 12.9. The Bertz CT molecular complexity index is 1360. The van der Waals surface area contributed by atoms with Gasteiger partial charge in [0.25, 0.3) is 5.60 Å². The Balaban J connectivity index is 0.000000241. The largest absolute Gasteiger partial charge is 0.430 e. The number of hydrogen-bond donors (Lipinski definition) is 2.